The van der Waals surface area contributed by atoms with E-state index in [1.165, 1.54) is 4.88 Å². The van der Waals surface area contributed by atoms with Gasteiger partial charge in [0.05, 0.1) is 11.6 Å². The average Bonchev–Trinajstić information content (AvgIpc) is 3.44. The van der Waals surface area contributed by atoms with E-state index in [-0.39, 0.29) is 0 Å². The fourth-order valence-electron chi connectivity index (χ4n) is 3.67. The second-order valence-corrected chi connectivity index (χ2v) is 8.53. The molecule has 1 aliphatic rings. The summed E-state index contributed by atoms with van der Waals surface area (Å²) in [6, 6.07) is 16.4. The maximum atomic E-state index is 9.14. The van der Waals surface area contributed by atoms with E-state index in [4.69, 9.17) is 10.2 Å². The Kier molecular flexibility index (Phi) is 6.57. The predicted octanol–water partition coefficient (Wildman–Crippen LogP) is 4.47. The van der Waals surface area contributed by atoms with Gasteiger partial charge in [0.1, 0.15) is 5.82 Å². The van der Waals surface area contributed by atoms with Crippen LogP contribution in [0, 0.1) is 11.3 Å². The van der Waals surface area contributed by atoms with Crippen molar-refractivity contribution in [3.05, 3.63) is 64.0 Å². The molecular weight excluding hydrogens is 392 g/mol. The van der Waals surface area contributed by atoms with E-state index in [9.17, 15) is 0 Å². The second kappa shape index (κ2) is 9.70. The highest BCUT2D eigenvalue weighted by Crippen LogP contribution is 2.23. The lowest BCUT2D eigenvalue weighted by atomic mass is 10.2. The minimum atomic E-state index is 0.459. The number of nitrogens with zero attached hydrogens (tertiary/aromatic N) is 4. The summed E-state index contributed by atoms with van der Waals surface area (Å²) in [5.41, 5.74) is 2.48. The lowest BCUT2D eigenvalue weighted by molar-refractivity contribution is 0.554. The number of nitrogens with one attached hydrogen (secondary N) is 2. The van der Waals surface area contributed by atoms with Crippen LogP contribution in [-0.4, -0.2) is 29.1 Å². The van der Waals surface area contributed by atoms with Crippen molar-refractivity contribution < 1.29 is 0 Å². The number of aryl methyl sites for hydroxylation is 1. The molecule has 1 aromatic carbocycles. The van der Waals surface area contributed by atoms with Crippen molar-refractivity contribution in [2.75, 3.05) is 23.3 Å². The minimum absolute atomic E-state index is 0.459. The van der Waals surface area contributed by atoms with Crippen LogP contribution in [-0.2, 0) is 13.0 Å². The third-order valence-electron chi connectivity index (χ3n) is 5.18. The molecule has 3 aromatic rings. The van der Waals surface area contributed by atoms with E-state index in [1.807, 2.05) is 18.2 Å². The van der Waals surface area contributed by atoms with Gasteiger partial charge in [0, 0.05) is 48.0 Å². The van der Waals surface area contributed by atoms with E-state index >= 15 is 0 Å². The molecular formula is C23H26N6S. The van der Waals surface area contributed by atoms with Crippen LogP contribution in [0.4, 0.5) is 17.5 Å². The Bertz CT molecular complexity index is 1010. The van der Waals surface area contributed by atoms with E-state index < -0.39 is 0 Å². The van der Waals surface area contributed by atoms with Gasteiger partial charge in [0.2, 0.25) is 5.95 Å². The predicted molar refractivity (Wildman–Crippen MR) is 122 cm³/mol. The van der Waals surface area contributed by atoms with Crippen molar-refractivity contribution in [1.82, 2.24) is 15.3 Å². The summed E-state index contributed by atoms with van der Waals surface area (Å²) < 4.78 is 0. The average molecular weight is 419 g/mol. The lowest BCUT2D eigenvalue weighted by Gasteiger charge is -2.20. The van der Waals surface area contributed by atoms with Crippen molar-refractivity contribution in [1.29, 1.82) is 5.26 Å². The molecule has 2 N–H and O–H groups in total. The molecule has 0 saturated carbocycles. The molecule has 30 heavy (non-hydrogen) atoms. The Morgan fingerprint density at radius 3 is 2.97 bits per heavy atom. The van der Waals surface area contributed by atoms with Gasteiger partial charge >= 0.3 is 0 Å². The molecule has 1 unspecified atom stereocenters. The topological polar surface area (TPSA) is 76.9 Å². The molecule has 7 heteroatoms. The van der Waals surface area contributed by atoms with E-state index in [1.54, 1.807) is 17.4 Å². The summed E-state index contributed by atoms with van der Waals surface area (Å²) in [4.78, 5) is 13.2. The SMILES string of the molecule is CCCc1cc(N2CCC(NCc3cccs3)C2)nc(Nc2cccc(C#N)c2)n1. The molecule has 0 bridgehead atoms. The molecule has 154 valence electrons. The van der Waals surface area contributed by atoms with Crippen molar-refractivity contribution in [3.8, 4) is 6.07 Å². The molecule has 0 aliphatic carbocycles. The number of aromatic nitrogens is 2. The Hall–Kier alpha value is -2.95. The molecule has 4 rings (SSSR count). The van der Waals surface area contributed by atoms with Gasteiger partial charge in [0.25, 0.3) is 0 Å². The van der Waals surface area contributed by atoms with Gasteiger partial charge in [-0.2, -0.15) is 10.2 Å². The number of rotatable bonds is 8. The number of hydrogen-bond acceptors (Lipinski definition) is 7. The molecule has 0 amide bonds. The van der Waals surface area contributed by atoms with Crippen LogP contribution in [0.1, 0.15) is 35.9 Å². The van der Waals surface area contributed by atoms with Crippen LogP contribution in [0.25, 0.3) is 0 Å². The van der Waals surface area contributed by atoms with Gasteiger partial charge < -0.3 is 15.5 Å². The number of nitriles is 1. The largest absolute Gasteiger partial charge is 0.355 e. The first-order valence-corrected chi connectivity index (χ1v) is 11.3. The highest BCUT2D eigenvalue weighted by atomic mass is 32.1. The van der Waals surface area contributed by atoms with Crippen molar-refractivity contribution >= 4 is 28.8 Å². The fraction of sp³-hybridized carbons (Fsp3) is 0.348. The first-order valence-electron chi connectivity index (χ1n) is 10.4. The number of hydrogen-bond donors (Lipinski definition) is 2. The molecule has 0 spiro atoms. The summed E-state index contributed by atoms with van der Waals surface area (Å²) in [5, 5.41) is 18.2. The molecule has 1 fully saturated rings. The number of benzene rings is 1. The normalized spacial score (nSPS) is 15.9. The maximum Gasteiger partial charge on any atom is 0.229 e. The Balaban J connectivity index is 1.47. The maximum absolute atomic E-state index is 9.14. The summed E-state index contributed by atoms with van der Waals surface area (Å²) >= 11 is 1.79. The van der Waals surface area contributed by atoms with Crippen LogP contribution in [0.15, 0.2) is 47.8 Å². The summed E-state index contributed by atoms with van der Waals surface area (Å²) in [5.74, 6) is 1.55. The third-order valence-corrected chi connectivity index (χ3v) is 6.05. The highest BCUT2D eigenvalue weighted by Gasteiger charge is 2.24. The molecule has 0 radical (unpaired) electrons. The molecule has 1 aliphatic heterocycles. The van der Waals surface area contributed by atoms with Gasteiger partial charge in [-0.3, -0.25) is 0 Å². The van der Waals surface area contributed by atoms with Gasteiger partial charge in [-0.15, -0.1) is 11.3 Å². The van der Waals surface area contributed by atoms with Crippen LogP contribution in [0.5, 0.6) is 0 Å². The van der Waals surface area contributed by atoms with Crippen LogP contribution < -0.4 is 15.5 Å². The smallest absolute Gasteiger partial charge is 0.229 e. The minimum Gasteiger partial charge on any atom is -0.355 e. The van der Waals surface area contributed by atoms with Crippen molar-refractivity contribution in [3.63, 3.8) is 0 Å². The van der Waals surface area contributed by atoms with Gasteiger partial charge in [-0.05, 0) is 42.5 Å². The summed E-state index contributed by atoms with van der Waals surface area (Å²) in [6.07, 6.45) is 3.05. The monoisotopic (exact) mass is 418 g/mol. The first-order chi connectivity index (χ1) is 14.7. The van der Waals surface area contributed by atoms with Gasteiger partial charge in [-0.1, -0.05) is 25.5 Å². The number of anilines is 3. The summed E-state index contributed by atoms with van der Waals surface area (Å²) in [7, 11) is 0. The Morgan fingerprint density at radius 1 is 1.23 bits per heavy atom. The molecule has 6 nitrogen and oxygen atoms in total. The molecule has 1 atom stereocenters. The van der Waals surface area contributed by atoms with E-state index in [2.05, 4.69) is 57.1 Å². The Labute approximate surface area is 181 Å². The summed E-state index contributed by atoms with van der Waals surface area (Å²) in [6.45, 7) is 5.00. The van der Waals surface area contributed by atoms with Gasteiger partial charge in [0.15, 0.2) is 0 Å². The lowest BCUT2D eigenvalue weighted by Crippen LogP contribution is -2.32. The zero-order valence-corrected chi connectivity index (χ0v) is 18.0. The third kappa shape index (κ3) is 5.15. The zero-order chi connectivity index (χ0) is 20.8. The molecule has 2 aromatic heterocycles. The van der Waals surface area contributed by atoms with Crippen molar-refractivity contribution in [2.45, 2.75) is 38.8 Å². The fourth-order valence-corrected chi connectivity index (χ4v) is 4.33. The van der Waals surface area contributed by atoms with Crippen LogP contribution in [0.3, 0.4) is 0 Å². The standard InChI is InChI=1S/C23H26N6S/c1-2-5-18-13-22(28-23(26-18)27-19-7-3-6-17(12-19)14-24)29-10-9-20(16-29)25-15-21-8-4-11-30-21/h3-4,6-8,11-13,20,25H,2,5,9-10,15-16H2,1H3,(H,26,27,28). The van der Waals surface area contributed by atoms with E-state index in [0.29, 0.717) is 17.6 Å². The molecule has 1 saturated heterocycles. The first kappa shape index (κ1) is 20.3. The van der Waals surface area contributed by atoms with Gasteiger partial charge in [-0.25, -0.2) is 4.98 Å². The van der Waals surface area contributed by atoms with Crippen LogP contribution in [0.2, 0.25) is 0 Å². The number of thiophene rings is 1. The van der Waals surface area contributed by atoms with Crippen molar-refractivity contribution in [2.24, 2.45) is 0 Å². The van der Waals surface area contributed by atoms with Crippen LogP contribution >= 0.6 is 11.3 Å². The highest BCUT2D eigenvalue weighted by molar-refractivity contribution is 7.09. The quantitative estimate of drug-likeness (QED) is 0.562. The van der Waals surface area contributed by atoms with E-state index in [0.717, 1.165) is 56.1 Å². The zero-order valence-electron chi connectivity index (χ0n) is 17.1. The Morgan fingerprint density at radius 2 is 2.17 bits per heavy atom. The second-order valence-electron chi connectivity index (χ2n) is 7.50. The molecule has 3 heterocycles.